The number of carbonyl (C=O) groups is 1. The Bertz CT molecular complexity index is 322. The molecule has 0 bridgehead atoms. The van der Waals surface area contributed by atoms with E-state index in [1.54, 1.807) is 6.20 Å². The van der Waals surface area contributed by atoms with E-state index < -0.39 is 0 Å². The van der Waals surface area contributed by atoms with E-state index in [9.17, 15) is 4.79 Å². The maximum absolute atomic E-state index is 11.7. The third kappa shape index (κ3) is 5.84. The summed E-state index contributed by atoms with van der Waals surface area (Å²) in [6, 6.07) is 0.0383. The van der Waals surface area contributed by atoms with Crippen LogP contribution in [0.5, 0.6) is 0 Å². The van der Waals surface area contributed by atoms with Crippen LogP contribution in [0.15, 0.2) is 12.4 Å². The van der Waals surface area contributed by atoms with Crippen molar-refractivity contribution in [1.82, 2.24) is 15.5 Å². The molecule has 0 radical (unpaired) electrons. The van der Waals surface area contributed by atoms with E-state index in [0.717, 1.165) is 18.4 Å². The first-order valence-electron chi connectivity index (χ1n) is 7.02. The highest BCUT2D eigenvalue weighted by molar-refractivity contribution is 5.76. The van der Waals surface area contributed by atoms with Crippen molar-refractivity contribution in [3.63, 3.8) is 0 Å². The maximum Gasteiger partial charge on any atom is 0.220 e. The first-order valence-corrected chi connectivity index (χ1v) is 7.02. The van der Waals surface area contributed by atoms with Crippen LogP contribution < -0.4 is 5.32 Å². The number of hydrogen-bond acceptors (Lipinski definition) is 2. The molecule has 1 aromatic rings. The van der Waals surface area contributed by atoms with Gasteiger partial charge in [-0.1, -0.05) is 39.0 Å². The number of unbranched alkanes of at least 4 members (excludes halogenated alkanes) is 5. The van der Waals surface area contributed by atoms with Gasteiger partial charge in [-0.25, -0.2) is 0 Å². The van der Waals surface area contributed by atoms with E-state index in [1.807, 2.05) is 13.1 Å². The molecule has 1 atom stereocenters. The fourth-order valence-corrected chi connectivity index (χ4v) is 1.96. The van der Waals surface area contributed by atoms with Crippen molar-refractivity contribution >= 4 is 5.91 Å². The van der Waals surface area contributed by atoms with Crippen LogP contribution in [0.4, 0.5) is 0 Å². The normalized spacial score (nSPS) is 12.3. The third-order valence-corrected chi connectivity index (χ3v) is 3.15. The summed E-state index contributed by atoms with van der Waals surface area (Å²) in [5, 5.41) is 9.62. The molecular formula is C14H25N3O. The quantitative estimate of drug-likeness (QED) is 0.661. The highest BCUT2D eigenvalue weighted by Crippen LogP contribution is 2.11. The molecule has 2 N–H and O–H groups in total. The molecule has 0 aliphatic rings. The lowest BCUT2D eigenvalue weighted by atomic mass is 10.1. The Kier molecular flexibility index (Phi) is 7.14. The van der Waals surface area contributed by atoms with Crippen molar-refractivity contribution in [3.8, 4) is 0 Å². The third-order valence-electron chi connectivity index (χ3n) is 3.15. The van der Waals surface area contributed by atoms with Crippen LogP contribution in [0.25, 0.3) is 0 Å². The highest BCUT2D eigenvalue weighted by Gasteiger charge is 2.09. The zero-order valence-electron chi connectivity index (χ0n) is 11.5. The largest absolute Gasteiger partial charge is 0.349 e. The van der Waals surface area contributed by atoms with E-state index in [-0.39, 0.29) is 11.9 Å². The van der Waals surface area contributed by atoms with E-state index in [2.05, 4.69) is 22.4 Å². The number of amides is 1. The van der Waals surface area contributed by atoms with Crippen LogP contribution in [0.2, 0.25) is 0 Å². The lowest BCUT2D eigenvalue weighted by molar-refractivity contribution is -0.121. The van der Waals surface area contributed by atoms with Gasteiger partial charge < -0.3 is 5.32 Å². The van der Waals surface area contributed by atoms with Gasteiger partial charge in [0, 0.05) is 18.2 Å². The van der Waals surface area contributed by atoms with Crippen molar-refractivity contribution in [1.29, 1.82) is 0 Å². The number of aromatic nitrogens is 2. The van der Waals surface area contributed by atoms with Crippen LogP contribution in [0.1, 0.15) is 70.4 Å². The van der Waals surface area contributed by atoms with E-state index in [0.29, 0.717) is 6.42 Å². The predicted octanol–water partition coefficient (Wildman–Crippen LogP) is 3.34. The van der Waals surface area contributed by atoms with Crippen LogP contribution in [-0.2, 0) is 4.79 Å². The second-order valence-electron chi connectivity index (χ2n) is 4.84. The number of H-pyrrole nitrogens is 1. The van der Waals surface area contributed by atoms with Crippen molar-refractivity contribution in [2.24, 2.45) is 0 Å². The van der Waals surface area contributed by atoms with Crippen LogP contribution in [0.3, 0.4) is 0 Å². The number of rotatable bonds is 9. The highest BCUT2D eigenvalue weighted by atomic mass is 16.1. The molecule has 0 spiro atoms. The lowest BCUT2D eigenvalue weighted by Gasteiger charge is -2.11. The summed E-state index contributed by atoms with van der Waals surface area (Å²) in [5.74, 6) is 0.138. The molecule has 4 nitrogen and oxygen atoms in total. The minimum absolute atomic E-state index is 0.0383. The minimum atomic E-state index is 0.0383. The number of nitrogens with zero attached hydrogens (tertiary/aromatic N) is 1. The molecule has 1 unspecified atom stereocenters. The predicted molar refractivity (Wildman–Crippen MR) is 73.1 cm³/mol. The molecule has 18 heavy (non-hydrogen) atoms. The van der Waals surface area contributed by atoms with Gasteiger partial charge in [0.25, 0.3) is 0 Å². The average molecular weight is 251 g/mol. The summed E-state index contributed by atoms with van der Waals surface area (Å²) >= 11 is 0. The summed E-state index contributed by atoms with van der Waals surface area (Å²) in [4.78, 5) is 11.7. The molecule has 1 aromatic heterocycles. The number of carbonyl (C=O) groups excluding carboxylic acids is 1. The molecule has 102 valence electrons. The van der Waals surface area contributed by atoms with Gasteiger partial charge in [0.15, 0.2) is 0 Å². The van der Waals surface area contributed by atoms with Crippen LogP contribution in [-0.4, -0.2) is 16.1 Å². The van der Waals surface area contributed by atoms with Gasteiger partial charge in [-0.05, 0) is 13.3 Å². The fraction of sp³-hybridized carbons (Fsp3) is 0.714. The van der Waals surface area contributed by atoms with Gasteiger partial charge in [0.2, 0.25) is 5.91 Å². The second-order valence-corrected chi connectivity index (χ2v) is 4.84. The molecule has 4 heteroatoms. The molecule has 1 amide bonds. The summed E-state index contributed by atoms with van der Waals surface area (Å²) in [6.45, 7) is 4.19. The van der Waals surface area contributed by atoms with Crippen molar-refractivity contribution in [2.45, 2.75) is 64.8 Å². The Morgan fingerprint density at radius 1 is 1.33 bits per heavy atom. The standard InChI is InChI=1S/C14H25N3O/c1-3-4-5-6-7-8-9-14(18)17-12(2)13-10-15-16-11-13/h10-12H,3-9H2,1-2H3,(H,15,16)(H,17,18). The van der Waals surface area contributed by atoms with Crippen molar-refractivity contribution in [2.75, 3.05) is 0 Å². The van der Waals surface area contributed by atoms with Crippen molar-refractivity contribution in [3.05, 3.63) is 18.0 Å². The molecular weight excluding hydrogens is 226 g/mol. The lowest BCUT2D eigenvalue weighted by Crippen LogP contribution is -2.26. The van der Waals surface area contributed by atoms with Gasteiger partial charge >= 0.3 is 0 Å². The van der Waals surface area contributed by atoms with Crippen molar-refractivity contribution < 1.29 is 4.79 Å². The zero-order valence-corrected chi connectivity index (χ0v) is 11.5. The monoisotopic (exact) mass is 251 g/mol. The van der Waals surface area contributed by atoms with Gasteiger partial charge in [0.1, 0.15) is 0 Å². The van der Waals surface area contributed by atoms with E-state index >= 15 is 0 Å². The average Bonchev–Trinajstić information content (AvgIpc) is 2.87. The second kappa shape index (κ2) is 8.72. The molecule has 1 heterocycles. The van der Waals surface area contributed by atoms with Gasteiger partial charge in [-0.15, -0.1) is 0 Å². The molecule has 1 rings (SSSR count). The zero-order chi connectivity index (χ0) is 13.2. The van der Waals surface area contributed by atoms with Crippen LogP contribution >= 0.6 is 0 Å². The number of nitrogens with one attached hydrogen (secondary N) is 2. The Hall–Kier alpha value is -1.32. The summed E-state index contributed by atoms with van der Waals surface area (Å²) in [6.07, 6.45) is 11.5. The number of hydrogen-bond donors (Lipinski definition) is 2. The topological polar surface area (TPSA) is 57.8 Å². The first kappa shape index (κ1) is 14.7. The molecule has 0 aliphatic heterocycles. The summed E-state index contributed by atoms with van der Waals surface area (Å²) in [5.41, 5.74) is 1.02. The first-order chi connectivity index (χ1) is 8.74. The Morgan fingerprint density at radius 3 is 2.72 bits per heavy atom. The molecule has 0 aliphatic carbocycles. The molecule has 0 fully saturated rings. The fourth-order valence-electron chi connectivity index (χ4n) is 1.96. The van der Waals surface area contributed by atoms with Gasteiger partial charge in [-0.3, -0.25) is 9.89 Å². The number of aromatic amines is 1. The van der Waals surface area contributed by atoms with E-state index in [4.69, 9.17) is 0 Å². The molecule has 0 aromatic carbocycles. The SMILES string of the molecule is CCCCCCCCC(=O)NC(C)c1cn[nH]c1. The maximum atomic E-state index is 11.7. The van der Waals surface area contributed by atoms with Gasteiger partial charge in [-0.2, -0.15) is 5.10 Å². The Balaban J connectivity index is 2.07. The van der Waals surface area contributed by atoms with E-state index in [1.165, 1.54) is 25.7 Å². The smallest absolute Gasteiger partial charge is 0.220 e. The summed E-state index contributed by atoms with van der Waals surface area (Å²) < 4.78 is 0. The van der Waals surface area contributed by atoms with Crippen LogP contribution in [0, 0.1) is 0 Å². The minimum Gasteiger partial charge on any atom is -0.349 e. The summed E-state index contributed by atoms with van der Waals surface area (Å²) in [7, 11) is 0. The molecule has 0 saturated heterocycles. The molecule has 0 saturated carbocycles. The Morgan fingerprint density at radius 2 is 2.06 bits per heavy atom. The van der Waals surface area contributed by atoms with Gasteiger partial charge in [0.05, 0.1) is 12.2 Å². The Labute approximate surface area is 110 Å².